The molecule has 5 nitrogen and oxygen atoms in total. The average Bonchev–Trinajstić information content (AvgIpc) is 2.70. The molecule has 0 aliphatic carbocycles. The number of pyridine rings is 2. The van der Waals surface area contributed by atoms with Gasteiger partial charge in [-0.15, -0.1) is 11.8 Å². The summed E-state index contributed by atoms with van der Waals surface area (Å²) in [6, 6.07) is 14.8. The van der Waals surface area contributed by atoms with Crippen molar-refractivity contribution in [2.45, 2.75) is 17.6 Å². The zero-order valence-corrected chi connectivity index (χ0v) is 16.3. The van der Waals surface area contributed by atoms with E-state index in [1.54, 1.807) is 30.1 Å². The summed E-state index contributed by atoms with van der Waals surface area (Å²) in [6.07, 6.45) is 3.62. The van der Waals surface area contributed by atoms with Crippen molar-refractivity contribution < 1.29 is 9.53 Å². The number of aromatic nitrogens is 2. The van der Waals surface area contributed by atoms with Gasteiger partial charge in [0.2, 0.25) is 5.88 Å². The van der Waals surface area contributed by atoms with Crippen LogP contribution in [0.2, 0.25) is 5.02 Å². The highest BCUT2D eigenvalue weighted by Crippen LogP contribution is 2.25. The second kappa shape index (κ2) is 9.39. The second-order valence-electron chi connectivity index (χ2n) is 5.54. The number of halogens is 1. The largest absolute Gasteiger partial charge is 0.478 e. The van der Waals surface area contributed by atoms with Gasteiger partial charge in [-0.1, -0.05) is 17.7 Å². The predicted molar refractivity (Wildman–Crippen MR) is 109 cm³/mol. The number of hydrogen-bond acceptors (Lipinski definition) is 5. The summed E-state index contributed by atoms with van der Waals surface area (Å²) in [5.41, 5.74) is 1.97. The number of thioether (sulfide) groups is 1. The number of benzene rings is 1. The van der Waals surface area contributed by atoms with E-state index < -0.39 is 0 Å². The van der Waals surface area contributed by atoms with E-state index in [9.17, 15) is 4.79 Å². The van der Waals surface area contributed by atoms with Crippen LogP contribution in [0.15, 0.2) is 65.8 Å². The number of anilines is 1. The van der Waals surface area contributed by atoms with E-state index in [-0.39, 0.29) is 16.6 Å². The minimum atomic E-state index is -0.377. The van der Waals surface area contributed by atoms with Gasteiger partial charge in [0.05, 0.1) is 11.6 Å². The highest BCUT2D eigenvalue weighted by atomic mass is 35.5. The molecule has 0 saturated carbocycles. The van der Waals surface area contributed by atoms with Crippen LogP contribution in [0.25, 0.3) is 0 Å². The fraction of sp³-hybridized carbons (Fsp3) is 0.150. The van der Waals surface area contributed by atoms with Crippen LogP contribution < -0.4 is 10.1 Å². The van der Waals surface area contributed by atoms with Gasteiger partial charge in [-0.3, -0.25) is 9.78 Å². The number of carbonyl (C=O) groups excluding carboxylic acids is 1. The molecule has 138 valence electrons. The maximum absolute atomic E-state index is 12.5. The van der Waals surface area contributed by atoms with Gasteiger partial charge in [-0.2, -0.15) is 0 Å². The Bertz CT molecular complexity index is 905. The third-order valence-electron chi connectivity index (χ3n) is 3.57. The first-order valence-electron chi connectivity index (χ1n) is 8.38. The zero-order chi connectivity index (χ0) is 19.1. The van der Waals surface area contributed by atoms with E-state index in [0.29, 0.717) is 18.2 Å². The molecule has 0 bridgehead atoms. The monoisotopic (exact) mass is 399 g/mol. The number of ether oxygens (including phenoxy) is 1. The maximum Gasteiger partial charge on any atom is 0.275 e. The molecule has 3 rings (SSSR count). The standard InChI is InChI=1S/C20H18ClN3O2S/c1-2-26-18-10-9-17(21)19(24-18)20(25)23-15-5-7-16(8-6-15)27-13-14-4-3-11-22-12-14/h3-12H,2,13H2,1H3,(H,23,25). The van der Waals surface area contributed by atoms with Crippen LogP contribution >= 0.6 is 23.4 Å². The van der Waals surface area contributed by atoms with Crippen molar-refractivity contribution in [1.82, 2.24) is 9.97 Å². The topological polar surface area (TPSA) is 64.1 Å². The third-order valence-corrected chi connectivity index (χ3v) is 4.96. The number of carbonyl (C=O) groups is 1. The Kier molecular flexibility index (Phi) is 6.68. The summed E-state index contributed by atoms with van der Waals surface area (Å²) < 4.78 is 5.32. The fourth-order valence-corrected chi connectivity index (χ4v) is 3.31. The van der Waals surface area contributed by atoms with Gasteiger partial charge in [0.15, 0.2) is 5.69 Å². The van der Waals surface area contributed by atoms with Crippen LogP contribution in [-0.2, 0) is 5.75 Å². The Balaban J connectivity index is 1.62. The molecule has 0 aliphatic rings. The van der Waals surface area contributed by atoms with Crippen molar-refractivity contribution in [3.05, 3.63) is 77.2 Å². The number of rotatable bonds is 7. The minimum Gasteiger partial charge on any atom is -0.478 e. The lowest BCUT2D eigenvalue weighted by Crippen LogP contribution is -2.14. The summed E-state index contributed by atoms with van der Waals surface area (Å²) in [7, 11) is 0. The summed E-state index contributed by atoms with van der Waals surface area (Å²) in [4.78, 5) is 21.8. The van der Waals surface area contributed by atoms with Crippen molar-refractivity contribution in [2.75, 3.05) is 11.9 Å². The van der Waals surface area contributed by atoms with Crippen molar-refractivity contribution in [2.24, 2.45) is 0 Å². The first kappa shape index (κ1) is 19.2. The molecule has 3 aromatic rings. The van der Waals surface area contributed by atoms with E-state index in [4.69, 9.17) is 16.3 Å². The van der Waals surface area contributed by atoms with Crippen LogP contribution in [-0.4, -0.2) is 22.5 Å². The van der Waals surface area contributed by atoms with Crippen molar-refractivity contribution >= 4 is 35.0 Å². The molecule has 0 atom stereocenters. The van der Waals surface area contributed by atoms with Gasteiger partial charge in [-0.25, -0.2) is 4.98 Å². The van der Waals surface area contributed by atoms with E-state index in [2.05, 4.69) is 15.3 Å². The highest BCUT2D eigenvalue weighted by Gasteiger charge is 2.14. The molecule has 2 aromatic heterocycles. The number of nitrogens with zero attached hydrogens (tertiary/aromatic N) is 2. The fourth-order valence-electron chi connectivity index (χ4n) is 2.29. The Morgan fingerprint density at radius 2 is 2.00 bits per heavy atom. The first-order valence-corrected chi connectivity index (χ1v) is 9.74. The molecule has 27 heavy (non-hydrogen) atoms. The summed E-state index contributed by atoms with van der Waals surface area (Å²) >= 11 is 7.80. The molecular weight excluding hydrogens is 382 g/mol. The highest BCUT2D eigenvalue weighted by molar-refractivity contribution is 7.98. The molecule has 1 N–H and O–H groups in total. The smallest absolute Gasteiger partial charge is 0.275 e. The molecule has 0 fully saturated rings. The predicted octanol–water partition coefficient (Wildman–Crippen LogP) is 5.07. The number of hydrogen-bond donors (Lipinski definition) is 1. The molecule has 1 amide bonds. The SMILES string of the molecule is CCOc1ccc(Cl)c(C(=O)Nc2ccc(SCc3cccnc3)cc2)n1. The van der Waals surface area contributed by atoms with Crippen LogP contribution in [0.3, 0.4) is 0 Å². The van der Waals surface area contributed by atoms with Gasteiger partial charge < -0.3 is 10.1 Å². The molecule has 0 saturated heterocycles. The summed E-state index contributed by atoms with van der Waals surface area (Å²) in [5.74, 6) is 0.829. The Hall–Kier alpha value is -2.57. The first-order chi connectivity index (χ1) is 13.2. The molecule has 0 radical (unpaired) electrons. The average molecular weight is 400 g/mol. The summed E-state index contributed by atoms with van der Waals surface area (Å²) in [5, 5.41) is 3.09. The Morgan fingerprint density at radius 3 is 2.70 bits per heavy atom. The molecule has 0 aliphatic heterocycles. The van der Waals surface area contributed by atoms with Crippen molar-refractivity contribution in [1.29, 1.82) is 0 Å². The van der Waals surface area contributed by atoms with Crippen LogP contribution in [0.4, 0.5) is 5.69 Å². The lowest BCUT2D eigenvalue weighted by atomic mass is 10.3. The molecule has 0 spiro atoms. The normalized spacial score (nSPS) is 10.4. The molecule has 2 heterocycles. The Labute approximate surface area is 167 Å². The van der Waals surface area contributed by atoms with Crippen LogP contribution in [0.5, 0.6) is 5.88 Å². The second-order valence-corrected chi connectivity index (χ2v) is 7.00. The van der Waals surface area contributed by atoms with E-state index in [1.165, 1.54) is 0 Å². The van der Waals surface area contributed by atoms with E-state index >= 15 is 0 Å². The van der Waals surface area contributed by atoms with Gasteiger partial charge in [-0.05, 0) is 48.9 Å². The summed E-state index contributed by atoms with van der Waals surface area (Å²) in [6.45, 7) is 2.32. The maximum atomic E-state index is 12.5. The van der Waals surface area contributed by atoms with E-state index in [1.807, 2.05) is 49.5 Å². The Morgan fingerprint density at radius 1 is 1.19 bits per heavy atom. The lowest BCUT2D eigenvalue weighted by Gasteiger charge is -2.09. The lowest BCUT2D eigenvalue weighted by molar-refractivity contribution is 0.102. The molecule has 7 heteroatoms. The minimum absolute atomic E-state index is 0.137. The third kappa shape index (κ3) is 5.45. The van der Waals surface area contributed by atoms with Gasteiger partial charge >= 0.3 is 0 Å². The van der Waals surface area contributed by atoms with Crippen LogP contribution in [0, 0.1) is 0 Å². The van der Waals surface area contributed by atoms with Crippen molar-refractivity contribution in [3.63, 3.8) is 0 Å². The van der Waals surface area contributed by atoms with Gasteiger partial charge in [0, 0.05) is 34.8 Å². The quantitative estimate of drug-likeness (QED) is 0.561. The van der Waals surface area contributed by atoms with Crippen molar-refractivity contribution in [3.8, 4) is 5.88 Å². The van der Waals surface area contributed by atoms with Gasteiger partial charge in [0.25, 0.3) is 5.91 Å². The van der Waals surface area contributed by atoms with E-state index in [0.717, 1.165) is 16.2 Å². The molecule has 1 aromatic carbocycles. The van der Waals surface area contributed by atoms with Crippen LogP contribution in [0.1, 0.15) is 23.0 Å². The van der Waals surface area contributed by atoms with Gasteiger partial charge in [0.1, 0.15) is 0 Å². The molecular formula is C20H18ClN3O2S. The molecule has 0 unspecified atom stereocenters. The number of nitrogens with one attached hydrogen (secondary N) is 1. The zero-order valence-electron chi connectivity index (χ0n) is 14.7. The number of amides is 1.